The van der Waals surface area contributed by atoms with E-state index in [0.717, 1.165) is 43.1 Å². The predicted octanol–water partition coefficient (Wildman–Crippen LogP) is 2.24. The van der Waals surface area contributed by atoms with Gasteiger partial charge in [0.15, 0.2) is 5.82 Å². The molecule has 4 heteroatoms. The Morgan fingerprint density at radius 2 is 1.57 bits per heavy atom. The van der Waals surface area contributed by atoms with Gasteiger partial charge in [0.25, 0.3) is 0 Å². The second-order valence-corrected chi connectivity index (χ2v) is 5.31. The van der Waals surface area contributed by atoms with Crippen molar-refractivity contribution in [2.45, 2.75) is 0 Å². The molecule has 1 fully saturated rings. The van der Waals surface area contributed by atoms with Gasteiger partial charge in [0, 0.05) is 31.7 Å². The summed E-state index contributed by atoms with van der Waals surface area (Å²) >= 11 is 0. The molecule has 4 nitrogen and oxygen atoms in total. The molecule has 0 amide bonds. The van der Waals surface area contributed by atoms with E-state index in [4.69, 9.17) is 4.98 Å². The topological polar surface area (TPSA) is 33.1 Å². The van der Waals surface area contributed by atoms with Gasteiger partial charge >= 0.3 is 0 Å². The fourth-order valence-electron chi connectivity index (χ4n) is 2.93. The first-order chi connectivity index (χ1) is 10.4. The predicted molar refractivity (Wildman–Crippen MR) is 86.0 cm³/mol. The Bertz CT molecular complexity index is 742. The average molecular weight is 278 g/mol. The van der Waals surface area contributed by atoms with E-state index in [9.17, 15) is 0 Å². The number of hydrogen-bond acceptors (Lipinski definition) is 3. The van der Waals surface area contributed by atoms with E-state index < -0.39 is 0 Å². The highest BCUT2D eigenvalue weighted by molar-refractivity contribution is 5.81. The van der Waals surface area contributed by atoms with Crippen LogP contribution in [-0.2, 0) is 0 Å². The van der Waals surface area contributed by atoms with E-state index in [1.807, 2.05) is 12.1 Å². The molecule has 0 saturated carbocycles. The van der Waals surface area contributed by atoms with Crippen molar-refractivity contribution < 1.29 is 0 Å². The molecule has 2 aromatic carbocycles. The first kappa shape index (κ1) is 12.4. The maximum atomic E-state index is 4.86. The van der Waals surface area contributed by atoms with Gasteiger partial charge in [-0.05, 0) is 12.1 Å². The molecule has 1 N–H and O–H groups in total. The molecule has 1 aliphatic rings. The van der Waals surface area contributed by atoms with Gasteiger partial charge < -0.3 is 10.3 Å². The van der Waals surface area contributed by atoms with Crippen LogP contribution in [0.3, 0.4) is 0 Å². The van der Waals surface area contributed by atoms with Crippen LogP contribution in [0.5, 0.6) is 0 Å². The van der Waals surface area contributed by atoms with Crippen molar-refractivity contribution in [2.24, 2.45) is 0 Å². The van der Waals surface area contributed by atoms with E-state index in [1.54, 1.807) is 0 Å². The highest BCUT2D eigenvalue weighted by Gasteiger charge is 2.18. The molecular weight excluding hydrogens is 260 g/mol. The van der Waals surface area contributed by atoms with Crippen LogP contribution in [0.2, 0.25) is 0 Å². The van der Waals surface area contributed by atoms with Crippen LogP contribution in [0.4, 0.5) is 0 Å². The lowest BCUT2D eigenvalue weighted by atomic mass is 10.2. The third-order valence-electron chi connectivity index (χ3n) is 3.95. The van der Waals surface area contributed by atoms with Gasteiger partial charge in [-0.25, -0.2) is 9.66 Å². The van der Waals surface area contributed by atoms with Crippen molar-refractivity contribution in [2.75, 3.05) is 31.2 Å². The first-order valence-corrected chi connectivity index (χ1v) is 7.42. The lowest BCUT2D eigenvalue weighted by Crippen LogP contribution is -2.49. The lowest BCUT2D eigenvalue weighted by Gasteiger charge is -2.31. The van der Waals surface area contributed by atoms with Gasteiger partial charge in [0.1, 0.15) is 0 Å². The SMILES string of the molecule is c1ccc(-c2nc3ccccc3n2N2CCNCC2)cc1. The number of nitrogens with zero attached hydrogens (tertiary/aromatic N) is 3. The molecule has 1 aliphatic heterocycles. The second-order valence-electron chi connectivity index (χ2n) is 5.31. The van der Waals surface area contributed by atoms with Crippen molar-refractivity contribution in [3.63, 3.8) is 0 Å². The lowest BCUT2D eigenvalue weighted by molar-refractivity contribution is 0.501. The van der Waals surface area contributed by atoms with Gasteiger partial charge in [-0.2, -0.15) is 0 Å². The number of hydrogen-bond donors (Lipinski definition) is 1. The van der Waals surface area contributed by atoms with Crippen molar-refractivity contribution in [3.05, 3.63) is 54.6 Å². The summed E-state index contributed by atoms with van der Waals surface area (Å²) < 4.78 is 2.28. The molecule has 2 heterocycles. The fourth-order valence-corrected chi connectivity index (χ4v) is 2.93. The van der Waals surface area contributed by atoms with Crippen molar-refractivity contribution in [1.29, 1.82) is 0 Å². The summed E-state index contributed by atoms with van der Waals surface area (Å²) in [5, 5.41) is 5.79. The van der Waals surface area contributed by atoms with Gasteiger partial charge in [-0.15, -0.1) is 0 Å². The van der Waals surface area contributed by atoms with Gasteiger partial charge in [-0.3, -0.25) is 0 Å². The molecule has 1 saturated heterocycles. The number of nitrogens with one attached hydrogen (secondary N) is 1. The summed E-state index contributed by atoms with van der Waals surface area (Å²) in [6, 6.07) is 18.8. The van der Waals surface area contributed by atoms with E-state index >= 15 is 0 Å². The summed E-state index contributed by atoms with van der Waals surface area (Å²) in [4.78, 5) is 4.86. The zero-order valence-electron chi connectivity index (χ0n) is 11.9. The Hall–Kier alpha value is -2.33. The van der Waals surface area contributed by atoms with Crippen molar-refractivity contribution >= 4 is 11.0 Å². The van der Waals surface area contributed by atoms with E-state index in [1.165, 1.54) is 5.52 Å². The van der Waals surface area contributed by atoms with E-state index in [0.29, 0.717) is 0 Å². The first-order valence-electron chi connectivity index (χ1n) is 7.42. The zero-order chi connectivity index (χ0) is 14.1. The number of para-hydroxylation sites is 2. The van der Waals surface area contributed by atoms with Crippen LogP contribution in [0.15, 0.2) is 54.6 Å². The highest BCUT2D eigenvalue weighted by atomic mass is 15.6. The van der Waals surface area contributed by atoms with Crippen molar-refractivity contribution in [1.82, 2.24) is 15.0 Å². The summed E-state index contributed by atoms with van der Waals surface area (Å²) in [6.45, 7) is 4.03. The molecule has 4 rings (SSSR count). The fraction of sp³-hybridized carbons (Fsp3) is 0.235. The molecule has 0 spiro atoms. The Kier molecular flexibility index (Phi) is 3.09. The van der Waals surface area contributed by atoms with Gasteiger partial charge in [0.05, 0.1) is 11.0 Å². The minimum Gasteiger partial charge on any atom is -0.313 e. The summed E-state index contributed by atoms with van der Waals surface area (Å²) in [5.41, 5.74) is 3.39. The van der Waals surface area contributed by atoms with Crippen LogP contribution in [0.1, 0.15) is 0 Å². The molecule has 21 heavy (non-hydrogen) atoms. The van der Waals surface area contributed by atoms with Crippen LogP contribution in [-0.4, -0.2) is 35.8 Å². The standard InChI is InChI=1S/C17H18N4/c1-2-6-14(7-3-1)17-19-15-8-4-5-9-16(15)21(17)20-12-10-18-11-13-20/h1-9,18H,10-13H2. The number of piperazine rings is 1. The Morgan fingerprint density at radius 1 is 0.857 bits per heavy atom. The van der Waals surface area contributed by atoms with Gasteiger partial charge in [-0.1, -0.05) is 42.5 Å². The molecule has 0 aliphatic carbocycles. The molecule has 0 atom stereocenters. The number of benzene rings is 2. The molecule has 0 bridgehead atoms. The normalized spacial score (nSPS) is 15.5. The number of rotatable bonds is 2. The maximum Gasteiger partial charge on any atom is 0.159 e. The van der Waals surface area contributed by atoms with E-state index in [-0.39, 0.29) is 0 Å². The molecule has 0 unspecified atom stereocenters. The van der Waals surface area contributed by atoms with Crippen LogP contribution in [0, 0.1) is 0 Å². The Labute approximate surface area is 124 Å². The third kappa shape index (κ3) is 2.17. The average Bonchev–Trinajstić information content (AvgIpc) is 2.96. The highest BCUT2D eigenvalue weighted by Crippen LogP contribution is 2.25. The minimum atomic E-state index is 1.00. The zero-order valence-corrected chi connectivity index (χ0v) is 11.9. The molecule has 3 aromatic rings. The summed E-state index contributed by atoms with van der Waals surface area (Å²) in [6.07, 6.45) is 0. The largest absolute Gasteiger partial charge is 0.313 e. The molecular formula is C17H18N4. The third-order valence-corrected chi connectivity index (χ3v) is 3.95. The van der Waals surface area contributed by atoms with Crippen LogP contribution >= 0.6 is 0 Å². The monoisotopic (exact) mass is 278 g/mol. The minimum absolute atomic E-state index is 1.00. The summed E-state index contributed by atoms with van der Waals surface area (Å²) in [5.74, 6) is 1.03. The number of aromatic nitrogens is 2. The Morgan fingerprint density at radius 3 is 2.38 bits per heavy atom. The maximum absolute atomic E-state index is 4.86. The second kappa shape index (κ2) is 5.22. The summed E-state index contributed by atoms with van der Waals surface area (Å²) in [7, 11) is 0. The van der Waals surface area contributed by atoms with Crippen molar-refractivity contribution in [3.8, 4) is 11.4 Å². The molecule has 1 aromatic heterocycles. The molecule has 0 radical (unpaired) electrons. The van der Waals surface area contributed by atoms with Crippen LogP contribution < -0.4 is 10.3 Å². The Balaban J connectivity index is 1.92. The van der Waals surface area contributed by atoms with E-state index in [2.05, 4.69) is 57.5 Å². The quantitative estimate of drug-likeness (QED) is 0.780. The smallest absolute Gasteiger partial charge is 0.159 e. The van der Waals surface area contributed by atoms with Gasteiger partial charge in [0.2, 0.25) is 0 Å². The molecule has 106 valence electrons. The number of imidazole rings is 1. The number of fused-ring (bicyclic) bond motifs is 1. The van der Waals surface area contributed by atoms with Crippen LogP contribution in [0.25, 0.3) is 22.4 Å².